The van der Waals surface area contributed by atoms with Crippen molar-refractivity contribution in [3.63, 3.8) is 0 Å². The van der Waals surface area contributed by atoms with E-state index in [0.717, 1.165) is 46.9 Å². The van der Waals surface area contributed by atoms with Crippen molar-refractivity contribution < 1.29 is 13.9 Å². The lowest BCUT2D eigenvalue weighted by molar-refractivity contribution is 0.200. The number of methoxy groups -OCH3 is 1. The molecule has 0 amide bonds. The maximum atomic E-state index is 6.31. The van der Waals surface area contributed by atoms with Crippen molar-refractivity contribution in [2.75, 3.05) is 7.11 Å². The van der Waals surface area contributed by atoms with Crippen molar-refractivity contribution in [2.24, 2.45) is 0 Å². The molecule has 31 heavy (non-hydrogen) atoms. The number of nitrogens with zero attached hydrogens (tertiary/aromatic N) is 1. The summed E-state index contributed by atoms with van der Waals surface area (Å²) in [5, 5.41) is 0. The van der Waals surface area contributed by atoms with Gasteiger partial charge in [-0.2, -0.15) is 0 Å². The fourth-order valence-electron chi connectivity index (χ4n) is 3.93. The van der Waals surface area contributed by atoms with E-state index in [1.807, 2.05) is 50.2 Å². The molecule has 1 aliphatic rings. The third-order valence-corrected chi connectivity index (χ3v) is 5.80. The number of ether oxygens (including phenoxy) is 2. The highest BCUT2D eigenvalue weighted by molar-refractivity contribution is 5.47. The Morgan fingerprint density at radius 1 is 1.06 bits per heavy atom. The fraction of sp³-hybridized carbons (Fsp3) is 0.370. The van der Waals surface area contributed by atoms with Gasteiger partial charge in [0.25, 0.3) is 0 Å². The van der Waals surface area contributed by atoms with Crippen LogP contribution in [0.1, 0.15) is 60.1 Å². The largest absolute Gasteiger partial charge is 0.493 e. The van der Waals surface area contributed by atoms with E-state index in [0.29, 0.717) is 12.3 Å². The molecule has 1 unspecified atom stereocenters. The normalized spacial score (nSPS) is 14.7. The Bertz CT molecular complexity index is 1050. The van der Waals surface area contributed by atoms with Gasteiger partial charge in [-0.15, -0.1) is 0 Å². The van der Waals surface area contributed by atoms with Crippen LogP contribution in [0.2, 0.25) is 0 Å². The average molecular weight is 416 g/mol. The number of hydrogen-bond donors (Lipinski definition) is 0. The summed E-state index contributed by atoms with van der Waals surface area (Å²) in [6.07, 6.45) is 5.50. The van der Waals surface area contributed by atoms with E-state index >= 15 is 0 Å². The van der Waals surface area contributed by atoms with Gasteiger partial charge >= 0.3 is 0 Å². The Balaban J connectivity index is 1.67. The first kappa shape index (κ1) is 21.1. The molecule has 0 radical (unpaired) electrons. The maximum absolute atomic E-state index is 6.31. The summed E-state index contributed by atoms with van der Waals surface area (Å²) >= 11 is 0. The summed E-state index contributed by atoms with van der Waals surface area (Å²) in [6.45, 7) is 3.91. The summed E-state index contributed by atoms with van der Waals surface area (Å²) in [6, 6.07) is 16.2. The molecule has 0 N–H and O–H groups in total. The van der Waals surface area contributed by atoms with Crippen molar-refractivity contribution in [1.29, 1.82) is 0 Å². The molecule has 160 valence electrons. The van der Waals surface area contributed by atoms with E-state index in [2.05, 4.69) is 29.0 Å². The lowest BCUT2D eigenvalue weighted by atomic mass is 9.95. The maximum Gasteiger partial charge on any atom is 0.196 e. The predicted molar refractivity (Wildman–Crippen MR) is 122 cm³/mol. The van der Waals surface area contributed by atoms with E-state index < -0.39 is 0 Å². The van der Waals surface area contributed by atoms with Crippen LogP contribution in [-0.2, 0) is 6.42 Å². The summed E-state index contributed by atoms with van der Waals surface area (Å²) in [5.41, 5.74) is 2.98. The van der Waals surface area contributed by atoms with E-state index in [9.17, 15) is 0 Å². The first-order chi connectivity index (χ1) is 15.1. The van der Waals surface area contributed by atoms with Gasteiger partial charge in [-0.1, -0.05) is 36.1 Å². The molecule has 0 bridgehead atoms. The van der Waals surface area contributed by atoms with Crippen molar-refractivity contribution in [1.82, 2.24) is 4.98 Å². The lowest BCUT2D eigenvalue weighted by Gasteiger charge is -2.18. The van der Waals surface area contributed by atoms with Gasteiger partial charge in [-0.05, 0) is 69.4 Å². The SMILES string of the molecule is COc1ccc(C(C#Cc2ccccc2)Cc2nc(C)c(C)o2)cc1OC1CCCC1. The van der Waals surface area contributed by atoms with Crippen LogP contribution >= 0.6 is 0 Å². The van der Waals surface area contributed by atoms with Crippen LogP contribution in [0.15, 0.2) is 52.9 Å². The number of aryl methyl sites for hydroxylation is 2. The van der Waals surface area contributed by atoms with Crippen molar-refractivity contribution in [2.45, 2.75) is 58.0 Å². The molecule has 4 nitrogen and oxygen atoms in total. The summed E-state index contributed by atoms with van der Waals surface area (Å²) in [7, 11) is 1.68. The third-order valence-electron chi connectivity index (χ3n) is 5.80. The van der Waals surface area contributed by atoms with Gasteiger partial charge in [-0.25, -0.2) is 4.98 Å². The monoisotopic (exact) mass is 415 g/mol. The van der Waals surface area contributed by atoms with Crippen LogP contribution in [0, 0.1) is 25.7 Å². The molecule has 3 aromatic rings. The van der Waals surface area contributed by atoms with E-state index in [4.69, 9.17) is 13.9 Å². The Kier molecular flexibility index (Phi) is 6.62. The van der Waals surface area contributed by atoms with Crippen LogP contribution in [-0.4, -0.2) is 18.2 Å². The van der Waals surface area contributed by atoms with Crippen LogP contribution in [0.5, 0.6) is 11.5 Å². The molecule has 1 saturated carbocycles. The zero-order chi connectivity index (χ0) is 21.6. The van der Waals surface area contributed by atoms with Gasteiger partial charge in [0.15, 0.2) is 17.4 Å². The zero-order valence-electron chi connectivity index (χ0n) is 18.5. The zero-order valence-corrected chi connectivity index (χ0v) is 18.5. The first-order valence-corrected chi connectivity index (χ1v) is 11.0. The highest BCUT2D eigenvalue weighted by atomic mass is 16.5. The van der Waals surface area contributed by atoms with Crippen molar-refractivity contribution >= 4 is 0 Å². The Morgan fingerprint density at radius 2 is 1.84 bits per heavy atom. The molecule has 4 heteroatoms. The first-order valence-electron chi connectivity index (χ1n) is 11.0. The number of oxazole rings is 1. The van der Waals surface area contributed by atoms with E-state index in [-0.39, 0.29) is 12.0 Å². The molecule has 0 saturated heterocycles. The smallest absolute Gasteiger partial charge is 0.196 e. The van der Waals surface area contributed by atoms with Crippen LogP contribution in [0.25, 0.3) is 0 Å². The summed E-state index contributed by atoms with van der Waals surface area (Å²) < 4.78 is 17.7. The lowest BCUT2D eigenvalue weighted by Crippen LogP contribution is -2.12. The molecule has 1 aliphatic carbocycles. The van der Waals surface area contributed by atoms with Gasteiger partial charge in [0.05, 0.1) is 24.8 Å². The number of aromatic nitrogens is 1. The van der Waals surface area contributed by atoms with Gasteiger partial charge in [-0.3, -0.25) is 0 Å². The second kappa shape index (κ2) is 9.75. The van der Waals surface area contributed by atoms with Gasteiger partial charge in [0.2, 0.25) is 0 Å². The molecule has 2 aromatic carbocycles. The van der Waals surface area contributed by atoms with Crippen LogP contribution in [0.4, 0.5) is 0 Å². The Hall–Kier alpha value is -3.19. The second-order valence-corrected chi connectivity index (χ2v) is 8.08. The van der Waals surface area contributed by atoms with Crippen LogP contribution < -0.4 is 9.47 Å². The third kappa shape index (κ3) is 5.30. The summed E-state index contributed by atoms with van der Waals surface area (Å²) in [4.78, 5) is 4.58. The minimum Gasteiger partial charge on any atom is -0.493 e. The molecule has 4 rings (SSSR count). The molecule has 1 aromatic heterocycles. The molecule has 1 atom stereocenters. The molecular weight excluding hydrogens is 386 g/mol. The van der Waals surface area contributed by atoms with Crippen molar-refractivity contribution in [3.05, 3.63) is 77.0 Å². The highest BCUT2D eigenvalue weighted by Gasteiger charge is 2.21. The van der Waals surface area contributed by atoms with Gasteiger partial charge < -0.3 is 13.9 Å². The van der Waals surface area contributed by atoms with E-state index in [1.54, 1.807) is 7.11 Å². The minimum absolute atomic E-state index is 0.0745. The fourth-order valence-corrected chi connectivity index (χ4v) is 3.93. The topological polar surface area (TPSA) is 44.5 Å². The number of benzene rings is 2. The minimum atomic E-state index is -0.0745. The predicted octanol–water partition coefficient (Wildman–Crippen LogP) is 6.00. The number of hydrogen-bond acceptors (Lipinski definition) is 4. The Labute approximate surface area is 184 Å². The standard InChI is InChI=1S/C27H29NO3/c1-19-20(2)30-27(28-19)18-23(14-13-21-9-5-4-6-10-21)22-15-16-25(29-3)26(17-22)31-24-11-7-8-12-24/h4-6,9-10,15-17,23-24H,7-8,11-12,18H2,1-3H3. The second-order valence-electron chi connectivity index (χ2n) is 8.08. The van der Waals surface area contributed by atoms with Crippen LogP contribution in [0.3, 0.4) is 0 Å². The quantitative estimate of drug-likeness (QED) is 0.463. The van der Waals surface area contributed by atoms with Gasteiger partial charge in [0, 0.05) is 12.0 Å². The molecular formula is C27H29NO3. The average Bonchev–Trinajstić information content (AvgIpc) is 3.41. The molecule has 1 fully saturated rings. The Morgan fingerprint density at radius 3 is 2.52 bits per heavy atom. The molecule has 0 aliphatic heterocycles. The van der Waals surface area contributed by atoms with Gasteiger partial charge in [0.1, 0.15) is 5.76 Å². The highest BCUT2D eigenvalue weighted by Crippen LogP contribution is 2.35. The molecule has 1 heterocycles. The molecule has 0 spiro atoms. The van der Waals surface area contributed by atoms with Crippen molar-refractivity contribution in [3.8, 4) is 23.3 Å². The van der Waals surface area contributed by atoms with E-state index in [1.165, 1.54) is 12.8 Å². The number of rotatable bonds is 6. The summed E-state index contributed by atoms with van der Waals surface area (Å²) in [5.74, 6) is 9.79.